The third-order valence-corrected chi connectivity index (χ3v) is 3.53. The Hall–Kier alpha value is -3.48. The van der Waals surface area contributed by atoms with Gasteiger partial charge in [0.2, 0.25) is 0 Å². The van der Waals surface area contributed by atoms with E-state index >= 15 is 0 Å². The monoisotopic (exact) mass is 350 g/mol. The van der Waals surface area contributed by atoms with Gasteiger partial charge in [0.15, 0.2) is 5.69 Å². The fourth-order valence-electron chi connectivity index (χ4n) is 2.22. The molecule has 7 nitrogen and oxygen atoms in total. The molecule has 0 radical (unpaired) electrons. The Bertz CT molecular complexity index is 889. The van der Waals surface area contributed by atoms with E-state index in [9.17, 15) is 9.59 Å². The number of hydrogen-bond acceptors (Lipinski definition) is 5. The van der Waals surface area contributed by atoms with Crippen molar-refractivity contribution in [3.05, 3.63) is 72.1 Å². The van der Waals surface area contributed by atoms with Crippen molar-refractivity contribution in [1.82, 2.24) is 15.0 Å². The van der Waals surface area contributed by atoms with E-state index in [-0.39, 0.29) is 17.6 Å². The molecule has 132 valence electrons. The summed E-state index contributed by atoms with van der Waals surface area (Å²) in [6, 6.07) is 15.8. The average Bonchev–Trinajstić information content (AvgIpc) is 3.18. The summed E-state index contributed by atoms with van der Waals surface area (Å²) in [5, 5.41) is 11.0. The maximum atomic E-state index is 12.3. The van der Waals surface area contributed by atoms with Crippen molar-refractivity contribution in [2.75, 3.05) is 11.9 Å². The number of ether oxygens (including phenoxy) is 1. The van der Waals surface area contributed by atoms with Crippen LogP contribution in [-0.4, -0.2) is 33.5 Å². The van der Waals surface area contributed by atoms with Crippen LogP contribution in [0.25, 0.3) is 5.69 Å². The van der Waals surface area contributed by atoms with Gasteiger partial charge in [-0.15, -0.1) is 5.10 Å². The van der Waals surface area contributed by atoms with Crippen LogP contribution in [0.1, 0.15) is 34.2 Å². The van der Waals surface area contributed by atoms with Crippen molar-refractivity contribution in [2.45, 2.75) is 13.3 Å². The van der Waals surface area contributed by atoms with E-state index < -0.39 is 0 Å². The van der Waals surface area contributed by atoms with Gasteiger partial charge in [-0.25, -0.2) is 4.79 Å². The quantitative estimate of drug-likeness (QED) is 0.691. The summed E-state index contributed by atoms with van der Waals surface area (Å²) >= 11 is 0. The zero-order valence-electron chi connectivity index (χ0n) is 14.3. The standard InChI is InChI=1S/C19H18N4O3/c1-2-12-26-19(25)14-8-10-15(11-9-14)21-18(24)17-13-20-23(22-17)16-6-4-3-5-7-16/h3-11,13H,2,12H2,1H3,(H,21,24). The third kappa shape index (κ3) is 4.13. The molecule has 0 saturated carbocycles. The van der Waals surface area contributed by atoms with Crippen molar-refractivity contribution < 1.29 is 14.3 Å². The smallest absolute Gasteiger partial charge is 0.338 e. The van der Waals surface area contributed by atoms with Gasteiger partial charge in [-0.1, -0.05) is 25.1 Å². The lowest BCUT2D eigenvalue weighted by atomic mass is 10.2. The molecular formula is C19H18N4O3. The van der Waals surface area contributed by atoms with Crippen molar-refractivity contribution in [3.63, 3.8) is 0 Å². The molecule has 0 fully saturated rings. The Morgan fingerprint density at radius 3 is 2.50 bits per heavy atom. The maximum Gasteiger partial charge on any atom is 0.338 e. The molecule has 0 spiro atoms. The average molecular weight is 350 g/mol. The summed E-state index contributed by atoms with van der Waals surface area (Å²) in [5.41, 5.74) is 1.95. The highest BCUT2D eigenvalue weighted by atomic mass is 16.5. The van der Waals surface area contributed by atoms with Crippen LogP contribution in [-0.2, 0) is 4.74 Å². The van der Waals surface area contributed by atoms with Crippen LogP contribution in [0.2, 0.25) is 0 Å². The first-order valence-corrected chi connectivity index (χ1v) is 8.23. The predicted molar refractivity (Wildman–Crippen MR) is 96.3 cm³/mol. The Labute approximate surface area is 150 Å². The predicted octanol–water partition coefficient (Wildman–Crippen LogP) is 3.09. The molecule has 1 aromatic heterocycles. The van der Waals surface area contributed by atoms with Gasteiger partial charge in [0.25, 0.3) is 5.91 Å². The molecule has 0 aliphatic heterocycles. The maximum absolute atomic E-state index is 12.3. The molecule has 0 unspecified atom stereocenters. The molecule has 1 amide bonds. The number of anilines is 1. The number of amides is 1. The van der Waals surface area contributed by atoms with Gasteiger partial charge >= 0.3 is 5.97 Å². The topological polar surface area (TPSA) is 86.1 Å². The zero-order chi connectivity index (χ0) is 18.4. The number of aromatic nitrogens is 3. The fourth-order valence-corrected chi connectivity index (χ4v) is 2.22. The molecule has 0 aliphatic carbocycles. The van der Waals surface area contributed by atoms with Crippen LogP contribution in [0.15, 0.2) is 60.8 Å². The number of nitrogens with one attached hydrogen (secondary N) is 1. The van der Waals surface area contributed by atoms with E-state index in [0.29, 0.717) is 17.9 Å². The highest BCUT2D eigenvalue weighted by Gasteiger charge is 2.12. The molecule has 26 heavy (non-hydrogen) atoms. The first-order valence-electron chi connectivity index (χ1n) is 8.23. The van der Waals surface area contributed by atoms with E-state index in [4.69, 9.17) is 4.74 Å². The van der Waals surface area contributed by atoms with Crippen LogP contribution in [0, 0.1) is 0 Å². The van der Waals surface area contributed by atoms with Gasteiger partial charge in [0.1, 0.15) is 0 Å². The minimum absolute atomic E-state index is 0.195. The number of benzene rings is 2. The number of carbonyl (C=O) groups is 2. The lowest BCUT2D eigenvalue weighted by Crippen LogP contribution is -2.13. The van der Waals surface area contributed by atoms with Crippen LogP contribution >= 0.6 is 0 Å². The number of rotatable bonds is 6. The molecule has 0 aliphatic rings. The summed E-state index contributed by atoms with van der Waals surface area (Å²) < 4.78 is 5.07. The van der Waals surface area contributed by atoms with E-state index in [1.807, 2.05) is 37.3 Å². The van der Waals surface area contributed by atoms with Gasteiger partial charge in [-0.05, 0) is 42.8 Å². The van der Waals surface area contributed by atoms with E-state index in [1.54, 1.807) is 24.3 Å². The van der Waals surface area contributed by atoms with Crippen LogP contribution in [0.3, 0.4) is 0 Å². The summed E-state index contributed by atoms with van der Waals surface area (Å²) in [5.74, 6) is -0.760. The number of carbonyl (C=O) groups excluding carboxylic acids is 2. The van der Waals surface area contributed by atoms with Gasteiger partial charge in [0, 0.05) is 5.69 Å². The normalized spacial score (nSPS) is 10.3. The zero-order valence-corrected chi connectivity index (χ0v) is 14.3. The lowest BCUT2D eigenvalue weighted by molar-refractivity contribution is 0.0505. The minimum atomic E-state index is -0.381. The minimum Gasteiger partial charge on any atom is -0.462 e. The Morgan fingerprint density at radius 1 is 1.08 bits per heavy atom. The fraction of sp³-hybridized carbons (Fsp3) is 0.158. The Balaban J connectivity index is 1.65. The van der Waals surface area contributed by atoms with E-state index in [1.165, 1.54) is 11.0 Å². The summed E-state index contributed by atoms with van der Waals surface area (Å²) in [6.07, 6.45) is 2.17. The highest BCUT2D eigenvalue weighted by molar-refractivity contribution is 6.02. The second-order valence-corrected chi connectivity index (χ2v) is 5.52. The van der Waals surface area contributed by atoms with Crippen LogP contribution < -0.4 is 5.32 Å². The lowest BCUT2D eigenvalue weighted by Gasteiger charge is -2.05. The largest absolute Gasteiger partial charge is 0.462 e. The number of esters is 1. The van der Waals surface area contributed by atoms with E-state index in [2.05, 4.69) is 15.5 Å². The third-order valence-electron chi connectivity index (χ3n) is 3.53. The van der Waals surface area contributed by atoms with Gasteiger partial charge in [-0.2, -0.15) is 9.90 Å². The highest BCUT2D eigenvalue weighted by Crippen LogP contribution is 2.12. The Morgan fingerprint density at radius 2 is 1.81 bits per heavy atom. The first-order chi connectivity index (χ1) is 12.7. The molecule has 1 N–H and O–H groups in total. The van der Waals surface area contributed by atoms with Crippen molar-refractivity contribution in [3.8, 4) is 5.69 Å². The van der Waals surface area contributed by atoms with Gasteiger partial charge < -0.3 is 10.1 Å². The summed E-state index contributed by atoms with van der Waals surface area (Å²) in [4.78, 5) is 25.5. The molecule has 7 heteroatoms. The van der Waals surface area contributed by atoms with Gasteiger partial charge in [-0.3, -0.25) is 4.79 Å². The number of para-hydroxylation sites is 1. The molecule has 0 atom stereocenters. The molecule has 1 heterocycles. The molecule has 2 aromatic carbocycles. The number of nitrogens with zero attached hydrogens (tertiary/aromatic N) is 3. The SMILES string of the molecule is CCCOC(=O)c1ccc(NC(=O)c2cnn(-c3ccccc3)n2)cc1. The second kappa shape index (κ2) is 8.06. The first kappa shape index (κ1) is 17.3. The van der Waals surface area contributed by atoms with Gasteiger partial charge in [0.05, 0.1) is 24.1 Å². The molecular weight excluding hydrogens is 332 g/mol. The summed E-state index contributed by atoms with van der Waals surface area (Å²) in [6.45, 7) is 2.31. The molecule has 3 aromatic rings. The van der Waals surface area contributed by atoms with Crippen molar-refractivity contribution in [2.24, 2.45) is 0 Å². The van der Waals surface area contributed by atoms with Crippen molar-refractivity contribution >= 4 is 17.6 Å². The number of hydrogen-bond donors (Lipinski definition) is 1. The van der Waals surface area contributed by atoms with Crippen LogP contribution in [0.4, 0.5) is 5.69 Å². The van der Waals surface area contributed by atoms with E-state index in [0.717, 1.165) is 12.1 Å². The second-order valence-electron chi connectivity index (χ2n) is 5.52. The molecule has 0 saturated heterocycles. The molecule has 0 bridgehead atoms. The van der Waals surface area contributed by atoms with Crippen molar-refractivity contribution in [1.29, 1.82) is 0 Å². The summed E-state index contributed by atoms with van der Waals surface area (Å²) in [7, 11) is 0. The van der Waals surface area contributed by atoms with Crippen LogP contribution in [0.5, 0.6) is 0 Å². The molecule has 3 rings (SSSR count). The Kier molecular flexibility index (Phi) is 5.38.